The lowest BCUT2D eigenvalue weighted by Crippen LogP contribution is -2.46. The van der Waals surface area contributed by atoms with Crippen LogP contribution < -0.4 is 4.90 Å². The molecule has 0 aromatic heterocycles. The Morgan fingerprint density at radius 2 is 1.72 bits per heavy atom. The lowest BCUT2D eigenvalue weighted by atomic mass is 9.99. The molecule has 0 aliphatic carbocycles. The van der Waals surface area contributed by atoms with Gasteiger partial charge in [-0.1, -0.05) is 49.1 Å². The number of hydrogen-bond acceptors (Lipinski definition) is 5. The first-order valence-corrected chi connectivity index (χ1v) is 10.9. The summed E-state index contributed by atoms with van der Waals surface area (Å²) in [5.74, 6) is -0.0439. The quantitative estimate of drug-likeness (QED) is 0.436. The number of nitrogens with zero attached hydrogens (tertiary/aromatic N) is 2. The summed E-state index contributed by atoms with van der Waals surface area (Å²) >= 11 is 0. The molecule has 4 rings (SSSR count). The number of phenolic OH excluding ortho intramolecular Hbond substituents is 1. The molecule has 0 spiro atoms. The van der Waals surface area contributed by atoms with Crippen molar-refractivity contribution in [3.05, 3.63) is 96.6 Å². The zero-order valence-corrected chi connectivity index (χ0v) is 18.1. The summed E-state index contributed by atoms with van der Waals surface area (Å²) in [6.07, 6.45) is 1.56. The predicted molar refractivity (Wildman–Crippen MR) is 128 cm³/mol. The summed E-state index contributed by atoms with van der Waals surface area (Å²) in [7, 11) is 0. The van der Waals surface area contributed by atoms with E-state index in [-0.39, 0.29) is 18.3 Å². The highest BCUT2D eigenvalue weighted by molar-refractivity contribution is 5.89. The van der Waals surface area contributed by atoms with Crippen LogP contribution in [0.3, 0.4) is 0 Å². The lowest BCUT2D eigenvalue weighted by Gasteiger charge is -2.36. The van der Waals surface area contributed by atoms with Gasteiger partial charge < -0.3 is 14.7 Å². The standard InChI is InChI=1S/C27H28N2O3/c1-2-18-32-27(31)21-10-12-24(13-11-21)29-16-14-28(15-17-29)20-23-6-3-4-9-26(23)22-7-5-8-25(30)19-22/h2-13,19,30H,1,14-18,20H2. The van der Waals surface area contributed by atoms with Gasteiger partial charge in [0.15, 0.2) is 0 Å². The van der Waals surface area contributed by atoms with Gasteiger partial charge in [-0.05, 0) is 53.1 Å². The average Bonchev–Trinajstić information content (AvgIpc) is 2.83. The van der Waals surface area contributed by atoms with E-state index in [1.807, 2.05) is 48.5 Å². The summed E-state index contributed by atoms with van der Waals surface area (Å²) in [5, 5.41) is 9.86. The third-order valence-corrected chi connectivity index (χ3v) is 5.74. The third-order valence-electron chi connectivity index (χ3n) is 5.74. The Balaban J connectivity index is 1.37. The fraction of sp³-hybridized carbons (Fsp3) is 0.222. The van der Waals surface area contributed by atoms with E-state index < -0.39 is 0 Å². The topological polar surface area (TPSA) is 53.0 Å². The number of piperazine rings is 1. The molecule has 1 heterocycles. The van der Waals surface area contributed by atoms with E-state index in [2.05, 4.69) is 34.6 Å². The monoisotopic (exact) mass is 428 g/mol. The smallest absolute Gasteiger partial charge is 0.338 e. The van der Waals surface area contributed by atoms with Crippen molar-refractivity contribution in [3.63, 3.8) is 0 Å². The van der Waals surface area contributed by atoms with Crippen molar-refractivity contribution in [2.45, 2.75) is 6.54 Å². The molecular formula is C27H28N2O3. The van der Waals surface area contributed by atoms with Crippen molar-refractivity contribution in [1.29, 1.82) is 0 Å². The van der Waals surface area contributed by atoms with Gasteiger partial charge in [0.05, 0.1) is 5.56 Å². The molecule has 5 heteroatoms. The number of anilines is 1. The summed E-state index contributed by atoms with van der Waals surface area (Å²) in [4.78, 5) is 16.8. The van der Waals surface area contributed by atoms with Gasteiger partial charge in [-0.25, -0.2) is 4.79 Å². The maximum Gasteiger partial charge on any atom is 0.338 e. The summed E-state index contributed by atoms with van der Waals surface area (Å²) < 4.78 is 5.09. The molecule has 1 N–H and O–H groups in total. The second-order valence-electron chi connectivity index (χ2n) is 7.90. The summed E-state index contributed by atoms with van der Waals surface area (Å²) in [6.45, 7) is 8.41. The van der Waals surface area contributed by atoms with Gasteiger partial charge in [-0.3, -0.25) is 4.90 Å². The molecule has 0 saturated carbocycles. The Bertz CT molecular complexity index is 1070. The molecule has 1 fully saturated rings. The van der Waals surface area contributed by atoms with Gasteiger partial charge in [0.25, 0.3) is 0 Å². The second kappa shape index (κ2) is 10.2. The first kappa shape index (κ1) is 21.7. The Hall–Kier alpha value is -3.57. The minimum atomic E-state index is -0.327. The first-order valence-electron chi connectivity index (χ1n) is 10.9. The Kier molecular flexibility index (Phi) is 6.87. The third kappa shape index (κ3) is 5.18. The van der Waals surface area contributed by atoms with Gasteiger partial charge in [0.1, 0.15) is 12.4 Å². The summed E-state index contributed by atoms with van der Waals surface area (Å²) in [5.41, 5.74) is 5.12. The van der Waals surface area contributed by atoms with Crippen molar-refractivity contribution in [2.75, 3.05) is 37.7 Å². The number of benzene rings is 3. The van der Waals surface area contributed by atoms with Gasteiger partial charge in [-0.15, -0.1) is 0 Å². The molecule has 5 nitrogen and oxygen atoms in total. The highest BCUT2D eigenvalue weighted by atomic mass is 16.5. The van der Waals surface area contributed by atoms with E-state index >= 15 is 0 Å². The molecule has 1 aliphatic rings. The zero-order chi connectivity index (χ0) is 22.3. The highest BCUT2D eigenvalue weighted by Gasteiger charge is 2.19. The molecule has 3 aromatic rings. The Morgan fingerprint density at radius 1 is 0.969 bits per heavy atom. The fourth-order valence-electron chi connectivity index (χ4n) is 4.04. The van der Waals surface area contributed by atoms with E-state index in [9.17, 15) is 9.90 Å². The predicted octanol–water partition coefficient (Wildman–Crippen LogP) is 4.72. The number of esters is 1. The van der Waals surface area contributed by atoms with Crippen molar-refractivity contribution >= 4 is 11.7 Å². The first-order chi connectivity index (χ1) is 15.6. The largest absolute Gasteiger partial charge is 0.508 e. The van der Waals surface area contributed by atoms with E-state index in [1.165, 1.54) is 5.56 Å². The van der Waals surface area contributed by atoms with Crippen LogP contribution in [0.1, 0.15) is 15.9 Å². The van der Waals surface area contributed by atoms with Crippen LogP contribution in [-0.4, -0.2) is 48.8 Å². The van der Waals surface area contributed by atoms with Crippen LogP contribution in [0.4, 0.5) is 5.69 Å². The zero-order valence-electron chi connectivity index (χ0n) is 18.1. The van der Waals surface area contributed by atoms with Crippen molar-refractivity contribution in [3.8, 4) is 16.9 Å². The molecule has 1 aliphatic heterocycles. The molecule has 3 aromatic carbocycles. The number of phenols is 1. The second-order valence-corrected chi connectivity index (χ2v) is 7.90. The maximum absolute atomic E-state index is 12.0. The number of rotatable bonds is 7. The van der Waals surface area contributed by atoms with Crippen LogP contribution >= 0.6 is 0 Å². The lowest BCUT2D eigenvalue weighted by molar-refractivity contribution is 0.0550. The minimum Gasteiger partial charge on any atom is -0.508 e. The van der Waals surface area contributed by atoms with Crippen molar-refractivity contribution in [1.82, 2.24) is 4.90 Å². The molecular weight excluding hydrogens is 400 g/mol. The van der Waals surface area contributed by atoms with Crippen LogP contribution in [-0.2, 0) is 11.3 Å². The fourth-order valence-corrected chi connectivity index (χ4v) is 4.04. The number of hydrogen-bond donors (Lipinski definition) is 1. The molecule has 1 saturated heterocycles. The SMILES string of the molecule is C=CCOC(=O)c1ccc(N2CCN(Cc3ccccc3-c3cccc(O)c3)CC2)cc1. The van der Waals surface area contributed by atoms with Crippen LogP contribution in [0.25, 0.3) is 11.1 Å². The number of ether oxygens (including phenoxy) is 1. The molecule has 32 heavy (non-hydrogen) atoms. The molecule has 0 amide bonds. The number of carbonyl (C=O) groups excluding carboxylic acids is 1. The van der Waals surface area contributed by atoms with E-state index in [0.29, 0.717) is 5.56 Å². The van der Waals surface area contributed by atoms with Crippen LogP contribution in [0.5, 0.6) is 5.75 Å². The van der Waals surface area contributed by atoms with E-state index in [1.54, 1.807) is 12.1 Å². The van der Waals surface area contributed by atoms with Gasteiger partial charge in [-0.2, -0.15) is 0 Å². The number of aromatic hydroxyl groups is 1. The minimum absolute atomic E-state index is 0.219. The molecule has 164 valence electrons. The van der Waals surface area contributed by atoms with Crippen LogP contribution in [0.15, 0.2) is 85.5 Å². The Morgan fingerprint density at radius 3 is 2.44 bits per heavy atom. The maximum atomic E-state index is 12.0. The molecule has 0 unspecified atom stereocenters. The van der Waals surface area contributed by atoms with E-state index in [0.717, 1.165) is 49.5 Å². The highest BCUT2D eigenvalue weighted by Crippen LogP contribution is 2.28. The van der Waals surface area contributed by atoms with Gasteiger partial charge >= 0.3 is 5.97 Å². The Labute approximate surface area is 189 Å². The summed E-state index contributed by atoms with van der Waals surface area (Å²) in [6, 6.07) is 23.4. The van der Waals surface area contributed by atoms with Crippen molar-refractivity contribution < 1.29 is 14.6 Å². The molecule has 0 bridgehead atoms. The normalized spacial score (nSPS) is 14.2. The van der Waals surface area contributed by atoms with E-state index in [4.69, 9.17) is 4.74 Å². The average molecular weight is 429 g/mol. The van der Waals surface area contributed by atoms with Gasteiger partial charge in [0, 0.05) is 38.4 Å². The number of carbonyl (C=O) groups is 1. The van der Waals surface area contributed by atoms with Crippen LogP contribution in [0, 0.1) is 0 Å². The molecule has 0 atom stereocenters. The molecule has 0 radical (unpaired) electrons. The van der Waals surface area contributed by atoms with Crippen molar-refractivity contribution in [2.24, 2.45) is 0 Å². The van der Waals surface area contributed by atoms with Gasteiger partial charge in [0.2, 0.25) is 0 Å². The van der Waals surface area contributed by atoms with Crippen LogP contribution in [0.2, 0.25) is 0 Å².